The molecule has 4 rings (SSSR count). The van der Waals surface area contributed by atoms with Gasteiger partial charge < -0.3 is 15.1 Å². The highest BCUT2D eigenvalue weighted by Crippen LogP contribution is 2.20. The molecule has 5 heteroatoms. The molecule has 160 valence electrons. The van der Waals surface area contributed by atoms with Crippen LogP contribution in [0.5, 0.6) is 0 Å². The number of likely N-dealkylation sites (N-methyl/N-ethyl adjacent to an activating group) is 1. The molecule has 2 aliphatic heterocycles. The van der Waals surface area contributed by atoms with E-state index in [0.29, 0.717) is 6.54 Å². The fourth-order valence-corrected chi connectivity index (χ4v) is 4.42. The Morgan fingerprint density at radius 3 is 2.20 bits per heavy atom. The number of carbonyl (C=O) groups is 1. The fourth-order valence-electron chi connectivity index (χ4n) is 4.42. The third-order valence-corrected chi connectivity index (χ3v) is 6.48. The van der Waals surface area contributed by atoms with E-state index in [-0.39, 0.29) is 11.8 Å². The van der Waals surface area contributed by atoms with E-state index < -0.39 is 0 Å². The number of nitrogens with one attached hydrogen (secondary N) is 1. The van der Waals surface area contributed by atoms with Crippen LogP contribution in [0.15, 0.2) is 54.6 Å². The molecule has 2 saturated heterocycles. The molecule has 1 amide bonds. The maximum absolute atomic E-state index is 12.6. The Morgan fingerprint density at radius 1 is 0.867 bits per heavy atom. The number of rotatable bonds is 6. The molecule has 5 nitrogen and oxygen atoms in total. The smallest absolute Gasteiger partial charge is 0.223 e. The second-order valence-electron chi connectivity index (χ2n) is 8.71. The van der Waals surface area contributed by atoms with Crippen molar-refractivity contribution in [2.75, 3.05) is 51.2 Å². The summed E-state index contributed by atoms with van der Waals surface area (Å²) >= 11 is 0. The zero-order chi connectivity index (χ0) is 20.8. The van der Waals surface area contributed by atoms with Gasteiger partial charge in [-0.1, -0.05) is 42.5 Å². The minimum Gasteiger partial charge on any atom is -0.369 e. The van der Waals surface area contributed by atoms with Crippen molar-refractivity contribution in [3.63, 3.8) is 0 Å². The topological polar surface area (TPSA) is 38.8 Å². The Balaban J connectivity index is 1.19. The maximum Gasteiger partial charge on any atom is 0.223 e. The van der Waals surface area contributed by atoms with Gasteiger partial charge in [-0.15, -0.1) is 0 Å². The molecule has 0 aromatic heterocycles. The molecule has 2 aromatic rings. The number of piperazine rings is 1. The first-order valence-corrected chi connectivity index (χ1v) is 11.2. The molecule has 0 atom stereocenters. The summed E-state index contributed by atoms with van der Waals surface area (Å²) in [5, 5.41) is 3.16. The van der Waals surface area contributed by atoms with Crippen molar-refractivity contribution >= 4 is 11.6 Å². The van der Waals surface area contributed by atoms with Crippen LogP contribution >= 0.6 is 0 Å². The van der Waals surface area contributed by atoms with Gasteiger partial charge in [0, 0.05) is 50.9 Å². The zero-order valence-corrected chi connectivity index (χ0v) is 18.1. The van der Waals surface area contributed by atoms with Crippen LogP contribution in [-0.2, 0) is 17.9 Å². The van der Waals surface area contributed by atoms with Crippen LogP contribution in [0.2, 0.25) is 0 Å². The number of hydrogen-bond acceptors (Lipinski definition) is 4. The summed E-state index contributed by atoms with van der Waals surface area (Å²) in [6.45, 7) is 7.97. The second-order valence-corrected chi connectivity index (χ2v) is 8.71. The quantitative estimate of drug-likeness (QED) is 0.801. The summed E-state index contributed by atoms with van der Waals surface area (Å²) in [4.78, 5) is 19.9. The lowest BCUT2D eigenvalue weighted by molar-refractivity contribution is -0.126. The molecule has 30 heavy (non-hydrogen) atoms. The largest absolute Gasteiger partial charge is 0.369 e. The van der Waals surface area contributed by atoms with Crippen molar-refractivity contribution in [3.8, 4) is 0 Å². The molecule has 0 spiro atoms. The molecule has 0 radical (unpaired) electrons. The van der Waals surface area contributed by atoms with E-state index >= 15 is 0 Å². The molecule has 0 bridgehead atoms. The van der Waals surface area contributed by atoms with Gasteiger partial charge in [-0.3, -0.25) is 9.69 Å². The summed E-state index contributed by atoms with van der Waals surface area (Å²) in [6, 6.07) is 19.3. The Kier molecular flexibility index (Phi) is 7.03. The van der Waals surface area contributed by atoms with E-state index in [2.05, 4.69) is 81.7 Å². The Hall–Kier alpha value is -2.37. The molecule has 2 fully saturated rings. The summed E-state index contributed by atoms with van der Waals surface area (Å²) < 4.78 is 0. The lowest BCUT2D eigenvalue weighted by Gasteiger charge is -2.34. The Labute approximate surface area is 180 Å². The number of likely N-dealkylation sites (tertiary alicyclic amines) is 1. The standard InChI is InChI=1S/C25H34N4O/c1-27-15-17-29(18-16-27)24-9-7-21(8-10-24)19-26-25(30)23-11-13-28(14-12-23)20-22-5-3-2-4-6-22/h2-10,23H,11-20H2,1H3,(H,26,30). The van der Waals surface area contributed by atoms with Gasteiger partial charge in [-0.25, -0.2) is 0 Å². The lowest BCUT2D eigenvalue weighted by Crippen LogP contribution is -2.44. The number of anilines is 1. The van der Waals surface area contributed by atoms with Gasteiger partial charge in [0.05, 0.1) is 0 Å². The van der Waals surface area contributed by atoms with Crippen molar-refractivity contribution in [2.45, 2.75) is 25.9 Å². The third kappa shape index (κ3) is 5.61. The van der Waals surface area contributed by atoms with E-state index in [4.69, 9.17) is 0 Å². The van der Waals surface area contributed by atoms with Crippen LogP contribution in [0.4, 0.5) is 5.69 Å². The fraction of sp³-hybridized carbons (Fsp3) is 0.480. The van der Waals surface area contributed by atoms with Crippen molar-refractivity contribution in [1.82, 2.24) is 15.1 Å². The first kappa shape index (κ1) is 20.9. The van der Waals surface area contributed by atoms with Crippen LogP contribution in [0.3, 0.4) is 0 Å². The maximum atomic E-state index is 12.6. The number of hydrogen-bond donors (Lipinski definition) is 1. The molecular weight excluding hydrogens is 372 g/mol. The summed E-state index contributed by atoms with van der Waals surface area (Å²) in [7, 11) is 2.18. The van der Waals surface area contributed by atoms with E-state index in [1.54, 1.807) is 0 Å². The number of nitrogens with zero attached hydrogens (tertiary/aromatic N) is 3. The highest BCUT2D eigenvalue weighted by Gasteiger charge is 2.24. The van der Waals surface area contributed by atoms with E-state index in [1.807, 2.05) is 0 Å². The summed E-state index contributed by atoms with van der Waals surface area (Å²) in [5.41, 5.74) is 3.80. The number of piperidine rings is 1. The predicted octanol–water partition coefficient (Wildman–Crippen LogP) is 2.97. The zero-order valence-electron chi connectivity index (χ0n) is 18.1. The average molecular weight is 407 g/mol. The molecule has 0 unspecified atom stereocenters. The first-order valence-electron chi connectivity index (χ1n) is 11.2. The molecule has 2 heterocycles. The first-order chi connectivity index (χ1) is 14.7. The van der Waals surface area contributed by atoms with E-state index in [1.165, 1.54) is 16.8 Å². The van der Waals surface area contributed by atoms with Crippen LogP contribution in [0.25, 0.3) is 0 Å². The van der Waals surface area contributed by atoms with Gasteiger partial charge in [0.2, 0.25) is 5.91 Å². The van der Waals surface area contributed by atoms with Crippen molar-refractivity contribution < 1.29 is 4.79 Å². The monoisotopic (exact) mass is 406 g/mol. The predicted molar refractivity (Wildman–Crippen MR) is 122 cm³/mol. The van der Waals surface area contributed by atoms with Crippen LogP contribution in [0.1, 0.15) is 24.0 Å². The second kappa shape index (κ2) is 10.1. The SMILES string of the molecule is CN1CCN(c2ccc(CNC(=O)C3CCN(Cc4ccccc4)CC3)cc2)CC1. The Bertz CT molecular complexity index is 792. The van der Waals surface area contributed by atoms with Gasteiger partial charge in [-0.2, -0.15) is 0 Å². The molecule has 2 aliphatic rings. The summed E-state index contributed by atoms with van der Waals surface area (Å²) in [5.74, 6) is 0.346. The van der Waals surface area contributed by atoms with Crippen LogP contribution in [0, 0.1) is 5.92 Å². The number of amides is 1. The van der Waals surface area contributed by atoms with Gasteiger partial charge in [0.15, 0.2) is 0 Å². The van der Waals surface area contributed by atoms with Crippen LogP contribution < -0.4 is 10.2 Å². The lowest BCUT2D eigenvalue weighted by atomic mass is 9.95. The van der Waals surface area contributed by atoms with Crippen molar-refractivity contribution in [1.29, 1.82) is 0 Å². The normalized spacial score (nSPS) is 19.0. The molecule has 0 saturated carbocycles. The number of carbonyl (C=O) groups excluding carboxylic acids is 1. The highest BCUT2D eigenvalue weighted by atomic mass is 16.1. The Morgan fingerprint density at radius 2 is 1.53 bits per heavy atom. The van der Waals surface area contributed by atoms with Gasteiger partial charge >= 0.3 is 0 Å². The molecule has 0 aliphatic carbocycles. The van der Waals surface area contributed by atoms with Gasteiger partial charge in [-0.05, 0) is 56.2 Å². The number of benzene rings is 2. The molecule has 1 N–H and O–H groups in total. The average Bonchev–Trinajstić information content (AvgIpc) is 2.80. The summed E-state index contributed by atoms with van der Waals surface area (Å²) in [6.07, 6.45) is 1.89. The van der Waals surface area contributed by atoms with Gasteiger partial charge in [0.1, 0.15) is 0 Å². The van der Waals surface area contributed by atoms with E-state index in [9.17, 15) is 4.79 Å². The molecular formula is C25H34N4O. The van der Waals surface area contributed by atoms with Crippen molar-refractivity contribution in [3.05, 3.63) is 65.7 Å². The molecule has 2 aromatic carbocycles. The highest BCUT2D eigenvalue weighted by molar-refractivity contribution is 5.78. The third-order valence-electron chi connectivity index (χ3n) is 6.48. The van der Waals surface area contributed by atoms with Gasteiger partial charge in [0.25, 0.3) is 0 Å². The minimum absolute atomic E-state index is 0.140. The van der Waals surface area contributed by atoms with Crippen molar-refractivity contribution in [2.24, 2.45) is 5.92 Å². The minimum atomic E-state index is 0.140. The van der Waals surface area contributed by atoms with E-state index in [0.717, 1.165) is 58.7 Å². The van der Waals surface area contributed by atoms with Crippen LogP contribution in [-0.4, -0.2) is 62.0 Å².